The number of nitrogens with zero attached hydrogens (tertiary/aromatic N) is 1. The standard InChI is InChI=1S/C19H25N3O2S.ClH/c20-10-9-18-22-17(13-25-18)19(23)21-15-6-4-5-14(11-15)12-24-16-7-2-1-3-8-16;/h4-6,11,13,16H,1-3,7-10,12,20H2,(H,21,23);1H. The zero-order valence-corrected chi connectivity index (χ0v) is 16.4. The Kier molecular flexibility index (Phi) is 8.51. The van der Waals surface area contributed by atoms with Gasteiger partial charge in [-0.25, -0.2) is 4.98 Å². The molecule has 0 saturated heterocycles. The van der Waals surface area contributed by atoms with Crippen LogP contribution in [0.1, 0.15) is 53.2 Å². The van der Waals surface area contributed by atoms with Crippen LogP contribution in [0.4, 0.5) is 5.69 Å². The average molecular weight is 396 g/mol. The van der Waals surface area contributed by atoms with Gasteiger partial charge in [-0.2, -0.15) is 0 Å². The first-order valence-electron chi connectivity index (χ1n) is 8.91. The molecule has 1 aliphatic rings. The van der Waals surface area contributed by atoms with Crippen molar-refractivity contribution in [2.24, 2.45) is 5.73 Å². The molecule has 3 rings (SSSR count). The maximum atomic E-state index is 12.3. The van der Waals surface area contributed by atoms with Crippen LogP contribution in [0.25, 0.3) is 0 Å². The van der Waals surface area contributed by atoms with Crippen molar-refractivity contribution in [2.75, 3.05) is 11.9 Å². The number of rotatable bonds is 7. The third-order valence-corrected chi connectivity index (χ3v) is 5.27. The molecule has 1 fully saturated rings. The van der Waals surface area contributed by atoms with E-state index in [4.69, 9.17) is 10.5 Å². The number of amides is 1. The van der Waals surface area contributed by atoms with E-state index in [1.54, 1.807) is 5.38 Å². The largest absolute Gasteiger partial charge is 0.374 e. The van der Waals surface area contributed by atoms with Crippen LogP contribution in [-0.4, -0.2) is 23.5 Å². The van der Waals surface area contributed by atoms with Crippen molar-refractivity contribution in [3.05, 3.63) is 45.9 Å². The van der Waals surface area contributed by atoms with Gasteiger partial charge in [0, 0.05) is 17.5 Å². The normalized spacial score (nSPS) is 14.7. The maximum Gasteiger partial charge on any atom is 0.275 e. The number of carbonyl (C=O) groups excluding carboxylic acids is 1. The quantitative estimate of drug-likeness (QED) is 0.737. The molecule has 0 bridgehead atoms. The van der Waals surface area contributed by atoms with Crippen molar-refractivity contribution in [1.82, 2.24) is 4.98 Å². The Balaban J connectivity index is 0.00000243. The van der Waals surface area contributed by atoms with Gasteiger partial charge in [0.25, 0.3) is 5.91 Å². The van der Waals surface area contributed by atoms with Crippen LogP contribution in [0.2, 0.25) is 0 Å². The molecule has 1 heterocycles. The van der Waals surface area contributed by atoms with Crippen LogP contribution >= 0.6 is 23.7 Å². The summed E-state index contributed by atoms with van der Waals surface area (Å²) >= 11 is 1.47. The number of thiazole rings is 1. The maximum absolute atomic E-state index is 12.3. The van der Waals surface area contributed by atoms with Crippen LogP contribution in [0.5, 0.6) is 0 Å². The number of benzene rings is 1. The Morgan fingerprint density at radius 3 is 2.88 bits per heavy atom. The van der Waals surface area contributed by atoms with Gasteiger partial charge in [0.05, 0.1) is 17.7 Å². The predicted octanol–water partition coefficient (Wildman–Crippen LogP) is 4.17. The molecule has 2 aromatic rings. The first kappa shape index (κ1) is 20.8. The summed E-state index contributed by atoms with van der Waals surface area (Å²) in [5.41, 5.74) is 7.81. The molecule has 26 heavy (non-hydrogen) atoms. The number of anilines is 1. The van der Waals surface area contributed by atoms with E-state index in [2.05, 4.69) is 10.3 Å². The lowest BCUT2D eigenvalue weighted by Gasteiger charge is -2.22. The van der Waals surface area contributed by atoms with E-state index in [1.165, 1.54) is 30.6 Å². The average Bonchev–Trinajstić information content (AvgIpc) is 3.10. The Bertz CT molecular complexity index is 702. The first-order valence-corrected chi connectivity index (χ1v) is 9.79. The van der Waals surface area contributed by atoms with Gasteiger partial charge in [0.1, 0.15) is 5.69 Å². The minimum absolute atomic E-state index is 0. The van der Waals surface area contributed by atoms with Crippen molar-refractivity contribution >= 4 is 35.3 Å². The summed E-state index contributed by atoms with van der Waals surface area (Å²) in [7, 11) is 0. The van der Waals surface area contributed by atoms with Crippen LogP contribution in [0.15, 0.2) is 29.6 Å². The second-order valence-corrected chi connectivity index (χ2v) is 7.33. The van der Waals surface area contributed by atoms with E-state index < -0.39 is 0 Å². The molecule has 7 heteroatoms. The van der Waals surface area contributed by atoms with E-state index in [1.807, 2.05) is 24.3 Å². The van der Waals surface area contributed by atoms with Crippen LogP contribution in [0.3, 0.4) is 0 Å². The minimum Gasteiger partial charge on any atom is -0.374 e. The smallest absolute Gasteiger partial charge is 0.275 e. The van der Waals surface area contributed by atoms with Crippen molar-refractivity contribution in [2.45, 2.75) is 51.2 Å². The molecule has 1 aromatic heterocycles. The number of aromatic nitrogens is 1. The molecule has 0 radical (unpaired) electrons. The number of nitrogens with one attached hydrogen (secondary N) is 1. The number of ether oxygens (including phenoxy) is 1. The van der Waals surface area contributed by atoms with Gasteiger partial charge in [-0.15, -0.1) is 23.7 Å². The molecule has 3 N–H and O–H groups in total. The van der Waals surface area contributed by atoms with Crippen molar-refractivity contribution in [3.8, 4) is 0 Å². The minimum atomic E-state index is -0.190. The Labute approximate surface area is 164 Å². The Morgan fingerprint density at radius 1 is 1.31 bits per heavy atom. The van der Waals surface area contributed by atoms with E-state index in [9.17, 15) is 4.79 Å². The molecule has 142 valence electrons. The second kappa shape index (κ2) is 10.6. The molecule has 0 aliphatic heterocycles. The van der Waals surface area contributed by atoms with E-state index in [0.29, 0.717) is 31.4 Å². The SMILES string of the molecule is Cl.NCCc1nc(C(=O)Nc2cccc(COC3CCCCC3)c2)cs1. The summed E-state index contributed by atoms with van der Waals surface area (Å²) < 4.78 is 6.01. The predicted molar refractivity (Wildman–Crippen MR) is 108 cm³/mol. The molecular formula is C19H26ClN3O2S. The first-order chi connectivity index (χ1) is 12.2. The van der Waals surface area contributed by atoms with Crippen LogP contribution in [-0.2, 0) is 17.8 Å². The number of hydrogen-bond donors (Lipinski definition) is 2. The number of carbonyl (C=O) groups is 1. The molecular weight excluding hydrogens is 370 g/mol. The molecule has 5 nitrogen and oxygen atoms in total. The summed E-state index contributed by atoms with van der Waals surface area (Å²) in [6.45, 7) is 1.13. The summed E-state index contributed by atoms with van der Waals surface area (Å²) in [5.74, 6) is -0.190. The van der Waals surface area contributed by atoms with Gasteiger partial charge in [-0.1, -0.05) is 31.4 Å². The third-order valence-electron chi connectivity index (χ3n) is 4.37. The second-order valence-electron chi connectivity index (χ2n) is 6.39. The molecule has 0 atom stereocenters. The fourth-order valence-corrected chi connectivity index (χ4v) is 3.83. The Hall–Kier alpha value is -1.47. The van der Waals surface area contributed by atoms with E-state index in [0.717, 1.165) is 29.1 Å². The summed E-state index contributed by atoms with van der Waals surface area (Å²) in [4.78, 5) is 16.6. The van der Waals surface area contributed by atoms with Gasteiger partial charge in [0.2, 0.25) is 0 Å². The summed E-state index contributed by atoms with van der Waals surface area (Å²) in [5, 5.41) is 5.58. The molecule has 0 spiro atoms. The molecule has 0 unspecified atom stereocenters. The topological polar surface area (TPSA) is 77.2 Å². The fraction of sp³-hybridized carbons (Fsp3) is 0.474. The number of nitrogens with two attached hydrogens (primary N) is 1. The lowest BCUT2D eigenvalue weighted by atomic mass is 9.98. The van der Waals surface area contributed by atoms with Gasteiger partial charge in [0.15, 0.2) is 0 Å². The van der Waals surface area contributed by atoms with Crippen molar-refractivity contribution in [1.29, 1.82) is 0 Å². The molecule has 1 aliphatic carbocycles. The van der Waals surface area contributed by atoms with Gasteiger partial charge in [-0.05, 0) is 37.1 Å². The van der Waals surface area contributed by atoms with Crippen molar-refractivity contribution in [3.63, 3.8) is 0 Å². The highest BCUT2D eigenvalue weighted by atomic mass is 35.5. The third kappa shape index (κ3) is 6.06. The summed E-state index contributed by atoms with van der Waals surface area (Å²) in [6, 6.07) is 7.82. The van der Waals surface area contributed by atoms with Gasteiger partial charge < -0.3 is 15.8 Å². The molecule has 1 aromatic carbocycles. The lowest BCUT2D eigenvalue weighted by molar-refractivity contribution is 0.0169. The van der Waals surface area contributed by atoms with Gasteiger partial charge in [-0.3, -0.25) is 4.79 Å². The Morgan fingerprint density at radius 2 is 2.12 bits per heavy atom. The number of halogens is 1. The zero-order chi connectivity index (χ0) is 17.5. The van der Waals surface area contributed by atoms with Gasteiger partial charge >= 0.3 is 0 Å². The molecule has 1 saturated carbocycles. The van der Waals surface area contributed by atoms with Crippen LogP contribution < -0.4 is 11.1 Å². The fourth-order valence-electron chi connectivity index (χ4n) is 3.03. The summed E-state index contributed by atoms with van der Waals surface area (Å²) in [6.07, 6.45) is 7.25. The van der Waals surface area contributed by atoms with E-state index in [-0.39, 0.29) is 18.3 Å². The highest BCUT2D eigenvalue weighted by Gasteiger charge is 2.14. The highest BCUT2D eigenvalue weighted by Crippen LogP contribution is 2.22. The monoisotopic (exact) mass is 395 g/mol. The lowest BCUT2D eigenvalue weighted by Crippen LogP contribution is -2.16. The van der Waals surface area contributed by atoms with E-state index >= 15 is 0 Å². The highest BCUT2D eigenvalue weighted by molar-refractivity contribution is 7.09. The zero-order valence-electron chi connectivity index (χ0n) is 14.8. The molecule has 1 amide bonds. The van der Waals surface area contributed by atoms with Crippen LogP contribution in [0, 0.1) is 0 Å². The number of hydrogen-bond acceptors (Lipinski definition) is 5. The van der Waals surface area contributed by atoms with Crippen molar-refractivity contribution < 1.29 is 9.53 Å².